The zero-order valence-corrected chi connectivity index (χ0v) is 6.00. The highest BCUT2D eigenvalue weighted by atomic mass is 32.1. The fourth-order valence-corrected chi connectivity index (χ4v) is 1.21. The van der Waals surface area contributed by atoms with E-state index in [1.165, 1.54) is 25.9 Å². The number of hydrogen-bond acceptors (Lipinski definition) is 1. The van der Waals surface area contributed by atoms with E-state index in [-0.39, 0.29) is 0 Å². The lowest BCUT2D eigenvalue weighted by molar-refractivity contribution is 0.526. The summed E-state index contributed by atoms with van der Waals surface area (Å²) in [4.78, 5) is 3.32. The quantitative estimate of drug-likeness (QED) is 0.455. The lowest BCUT2D eigenvalue weighted by atomic mass is 10.4. The minimum atomic E-state index is 1.06. The second-order valence-corrected chi connectivity index (χ2v) is 2.80. The van der Waals surface area contributed by atoms with Crippen molar-refractivity contribution in [2.75, 3.05) is 13.1 Å². The molecule has 1 heterocycles. The van der Waals surface area contributed by atoms with E-state index in [0.717, 1.165) is 4.99 Å². The second-order valence-electron chi connectivity index (χ2n) is 2.21. The lowest BCUT2D eigenvalue weighted by Gasteiger charge is -2.13. The molecule has 0 aromatic rings. The molecule has 0 aromatic heterocycles. The van der Waals surface area contributed by atoms with Crippen LogP contribution < -0.4 is 0 Å². The molecule has 2 heteroatoms. The molecule has 1 saturated heterocycles. The van der Waals surface area contributed by atoms with Gasteiger partial charge in [-0.1, -0.05) is 12.2 Å². The SMILES string of the molecule is CC(=S)N1CCCC1. The minimum Gasteiger partial charge on any atom is -0.366 e. The molecule has 8 heavy (non-hydrogen) atoms. The zero-order chi connectivity index (χ0) is 5.98. The van der Waals surface area contributed by atoms with Crippen LogP contribution in [0, 0.1) is 0 Å². The van der Waals surface area contributed by atoms with Crippen LogP contribution in [0.3, 0.4) is 0 Å². The summed E-state index contributed by atoms with van der Waals surface area (Å²) in [7, 11) is 0. The minimum absolute atomic E-state index is 1.06. The van der Waals surface area contributed by atoms with Gasteiger partial charge in [-0.3, -0.25) is 0 Å². The van der Waals surface area contributed by atoms with Crippen molar-refractivity contribution in [1.29, 1.82) is 0 Å². The fraction of sp³-hybridized carbons (Fsp3) is 0.833. The molecule has 1 nitrogen and oxygen atoms in total. The topological polar surface area (TPSA) is 3.24 Å². The van der Waals surface area contributed by atoms with Crippen molar-refractivity contribution in [2.45, 2.75) is 19.8 Å². The summed E-state index contributed by atoms with van der Waals surface area (Å²) < 4.78 is 0. The average Bonchev–Trinajstić information content (AvgIpc) is 2.12. The Labute approximate surface area is 55.7 Å². The van der Waals surface area contributed by atoms with Crippen LogP contribution in [-0.2, 0) is 0 Å². The van der Waals surface area contributed by atoms with Gasteiger partial charge in [0.05, 0.1) is 4.99 Å². The van der Waals surface area contributed by atoms with Gasteiger partial charge in [-0.05, 0) is 19.8 Å². The van der Waals surface area contributed by atoms with E-state index in [2.05, 4.69) is 4.90 Å². The van der Waals surface area contributed by atoms with Crippen LogP contribution in [0.25, 0.3) is 0 Å². The molecule has 0 N–H and O–H groups in total. The molecule has 0 amide bonds. The fourth-order valence-electron chi connectivity index (χ4n) is 1.03. The van der Waals surface area contributed by atoms with Gasteiger partial charge in [0.2, 0.25) is 0 Å². The zero-order valence-electron chi connectivity index (χ0n) is 5.18. The molecule has 0 spiro atoms. The first-order valence-electron chi connectivity index (χ1n) is 3.06. The summed E-state index contributed by atoms with van der Waals surface area (Å²) in [6, 6.07) is 0. The monoisotopic (exact) mass is 129 g/mol. The maximum atomic E-state index is 4.98. The molecule has 1 rings (SSSR count). The van der Waals surface area contributed by atoms with Gasteiger partial charge < -0.3 is 4.90 Å². The molecule has 0 radical (unpaired) electrons. The van der Waals surface area contributed by atoms with Gasteiger partial charge >= 0.3 is 0 Å². The largest absolute Gasteiger partial charge is 0.366 e. The Balaban J connectivity index is 2.35. The summed E-state index contributed by atoms with van der Waals surface area (Å²) in [5.41, 5.74) is 0. The third-order valence-corrected chi connectivity index (χ3v) is 1.81. The van der Waals surface area contributed by atoms with E-state index in [1.54, 1.807) is 0 Å². The third kappa shape index (κ3) is 1.19. The first-order valence-corrected chi connectivity index (χ1v) is 3.47. The molecule has 1 aliphatic rings. The third-order valence-electron chi connectivity index (χ3n) is 1.55. The molecule has 0 atom stereocenters. The van der Waals surface area contributed by atoms with Gasteiger partial charge in [-0.2, -0.15) is 0 Å². The highest BCUT2D eigenvalue weighted by molar-refractivity contribution is 7.80. The molecule has 0 aromatic carbocycles. The van der Waals surface area contributed by atoms with Gasteiger partial charge in [0.15, 0.2) is 0 Å². The molecule has 46 valence electrons. The summed E-state index contributed by atoms with van der Waals surface area (Å²) in [5.74, 6) is 0. The normalized spacial score (nSPS) is 19.4. The summed E-state index contributed by atoms with van der Waals surface area (Å²) in [5, 5.41) is 0. The Bertz CT molecular complexity index is 94.7. The van der Waals surface area contributed by atoms with Crippen LogP contribution in [-0.4, -0.2) is 23.0 Å². The maximum Gasteiger partial charge on any atom is 0.0747 e. The Morgan fingerprint density at radius 1 is 1.38 bits per heavy atom. The van der Waals surface area contributed by atoms with E-state index in [1.807, 2.05) is 6.92 Å². The number of nitrogens with zero attached hydrogens (tertiary/aromatic N) is 1. The average molecular weight is 129 g/mol. The van der Waals surface area contributed by atoms with Crippen molar-refractivity contribution in [2.24, 2.45) is 0 Å². The van der Waals surface area contributed by atoms with Crippen molar-refractivity contribution in [3.05, 3.63) is 0 Å². The molecular formula is C6H11NS. The van der Waals surface area contributed by atoms with Crippen LogP contribution in [0.2, 0.25) is 0 Å². The molecule has 0 aliphatic carbocycles. The number of rotatable bonds is 0. The van der Waals surface area contributed by atoms with E-state index in [0.29, 0.717) is 0 Å². The molecule has 0 saturated carbocycles. The lowest BCUT2D eigenvalue weighted by Crippen LogP contribution is -2.22. The highest BCUT2D eigenvalue weighted by Crippen LogP contribution is 2.07. The summed E-state index contributed by atoms with van der Waals surface area (Å²) >= 11 is 4.98. The van der Waals surface area contributed by atoms with Crippen molar-refractivity contribution in [3.8, 4) is 0 Å². The summed E-state index contributed by atoms with van der Waals surface area (Å²) in [6.07, 6.45) is 2.65. The molecule has 1 fully saturated rings. The van der Waals surface area contributed by atoms with E-state index < -0.39 is 0 Å². The van der Waals surface area contributed by atoms with Gasteiger partial charge in [0, 0.05) is 13.1 Å². The van der Waals surface area contributed by atoms with E-state index in [4.69, 9.17) is 12.2 Å². The van der Waals surface area contributed by atoms with Gasteiger partial charge in [-0.15, -0.1) is 0 Å². The van der Waals surface area contributed by atoms with Crippen molar-refractivity contribution < 1.29 is 0 Å². The van der Waals surface area contributed by atoms with Gasteiger partial charge in [0.25, 0.3) is 0 Å². The molecule has 0 bridgehead atoms. The van der Waals surface area contributed by atoms with Crippen LogP contribution in [0.1, 0.15) is 19.8 Å². The van der Waals surface area contributed by atoms with Crippen molar-refractivity contribution in [1.82, 2.24) is 4.90 Å². The second kappa shape index (κ2) is 2.44. The molecule has 0 unspecified atom stereocenters. The van der Waals surface area contributed by atoms with Crippen LogP contribution in [0.5, 0.6) is 0 Å². The Kier molecular flexibility index (Phi) is 1.84. The Morgan fingerprint density at radius 2 is 1.88 bits per heavy atom. The predicted molar refractivity (Wildman–Crippen MR) is 39.1 cm³/mol. The smallest absolute Gasteiger partial charge is 0.0747 e. The number of hydrogen-bond donors (Lipinski definition) is 0. The first kappa shape index (κ1) is 6.02. The first-order chi connectivity index (χ1) is 3.80. The predicted octanol–water partition coefficient (Wildman–Crippen LogP) is 1.43. The number of thiocarbonyl (C=S) groups is 1. The van der Waals surface area contributed by atoms with Crippen molar-refractivity contribution >= 4 is 17.2 Å². The van der Waals surface area contributed by atoms with Gasteiger partial charge in [-0.25, -0.2) is 0 Å². The molecule has 1 aliphatic heterocycles. The highest BCUT2D eigenvalue weighted by Gasteiger charge is 2.09. The van der Waals surface area contributed by atoms with Crippen LogP contribution in [0.4, 0.5) is 0 Å². The molecular weight excluding hydrogens is 118 g/mol. The van der Waals surface area contributed by atoms with E-state index >= 15 is 0 Å². The van der Waals surface area contributed by atoms with Crippen LogP contribution in [0.15, 0.2) is 0 Å². The standard InChI is InChI=1S/C6H11NS/c1-6(8)7-4-2-3-5-7/h2-5H2,1H3. The van der Waals surface area contributed by atoms with Crippen molar-refractivity contribution in [3.63, 3.8) is 0 Å². The maximum absolute atomic E-state index is 4.98. The number of likely N-dealkylation sites (tertiary alicyclic amines) is 1. The Morgan fingerprint density at radius 3 is 2.12 bits per heavy atom. The summed E-state index contributed by atoms with van der Waals surface area (Å²) in [6.45, 7) is 4.38. The van der Waals surface area contributed by atoms with Gasteiger partial charge in [0.1, 0.15) is 0 Å². The van der Waals surface area contributed by atoms with E-state index in [9.17, 15) is 0 Å². The Hall–Kier alpha value is -0.110. The van der Waals surface area contributed by atoms with Crippen LogP contribution >= 0.6 is 12.2 Å².